The molecule has 7 N–H and O–H groups in total. The summed E-state index contributed by atoms with van der Waals surface area (Å²) < 4.78 is 0. The summed E-state index contributed by atoms with van der Waals surface area (Å²) in [7, 11) is 0. The maximum Gasteiger partial charge on any atom is 0.245 e. The number of amidine groups is 1. The van der Waals surface area contributed by atoms with Gasteiger partial charge in [-0.25, -0.2) is 0 Å². The molecule has 3 rings (SSSR count). The lowest BCUT2D eigenvalue weighted by Crippen LogP contribution is -2.46. The maximum absolute atomic E-state index is 12.4. The zero-order chi connectivity index (χ0) is 21.5. The van der Waals surface area contributed by atoms with Crippen molar-refractivity contribution >= 4 is 23.3 Å². The Morgan fingerprint density at radius 2 is 2.00 bits per heavy atom. The fraction of sp³-hybridized carbons (Fsp3) is 0.318. The topological polar surface area (TPSA) is 140 Å². The molecule has 0 saturated carbocycles. The fourth-order valence-electron chi connectivity index (χ4n) is 3.61. The Labute approximate surface area is 175 Å². The fourth-order valence-corrected chi connectivity index (χ4v) is 3.61. The van der Waals surface area contributed by atoms with E-state index >= 15 is 0 Å². The highest BCUT2D eigenvalue weighted by Crippen LogP contribution is 2.29. The number of nitrogen functional groups attached to an aromatic ring is 1. The maximum atomic E-state index is 12.4. The Morgan fingerprint density at radius 1 is 1.20 bits per heavy atom. The number of aliphatic hydroxyl groups is 1. The number of nitrogens with two attached hydrogens (primary N) is 1. The lowest BCUT2D eigenvalue weighted by molar-refractivity contribution is -0.127. The van der Waals surface area contributed by atoms with Gasteiger partial charge >= 0.3 is 0 Å². The third-order valence-electron chi connectivity index (χ3n) is 5.14. The zero-order valence-corrected chi connectivity index (χ0v) is 16.7. The SMILES string of the molecule is N=C(N)c1cccc(NC(CO)C(=O)NCC(=O)NC2CCCc3ccccc32)c1. The minimum Gasteiger partial charge on any atom is -0.394 e. The molecule has 0 bridgehead atoms. The molecule has 0 fully saturated rings. The van der Waals surface area contributed by atoms with Gasteiger partial charge in [-0.2, -0.15) is 0 Å². The molecule has 0 heterocycles. The highest BCUT2D eigenvalue weighted by Gasteiger charge is 2.22. The molecule has 1 aliphatic rings. The van der Waals surface area contributed by atoms with Crippen molar-refractivity contribution in [3.8, 4) is 0 Å². The van der Waals surface area contributed by atoms with Crippen LogP contribution in [0.15, 0.2) is 48.5 Å². The van der Waals surface area contributed by atoms with Gasteiger partial charge in [-0.3, -0.25) is 15.0 Å². The third-order valence-corrected chi connectivity index (χ3v) is 5.14. The standard InChI is InChI=1S/C22H27N5O3/c23-21(24)15-7-3-8-16(11-15)26-19(13-28)22(30)25-12-20(29)27-18-10-4-6-14-5-1-2-9-17(14)18/h1-3,5,7-9,11,18-19,26,28H,4,6,10,12-13H2,(H3,23,24)(H,25,30)(H,27,29). The highest BCUT2D eigenvalue weighted by molar-refractivity contribution is 5.96. The summed E-state index contributed by atoms with van der Waals surface area (Å²) in [5.74, 6) is -0.866. The van der Waals surface area contributed by atoms with Crippen LogP contribution in [0.2, 0.25) is 0 Å². The molecule has 0 aromatic heterocycles. The van der Waals surface area contributed by atoms with Crippen molar-refractivity contribution in [1.29, 1.82) is 5.41 Å². The van der Waals surface area contributed by atoms with E-state index in [9.17, 15) is 14.7 Å². The van der Waals surface area contributed by atoms with Gasteiger partial charge in [0, 0.05) is 11.3 Å². The number of amides is 2. The van der Waals surface area contributed by atoms with Gasteiger partial charge in [0.2, 0.25) is 11.8 Å². The van der Waals surface area contributed by atoms with Crippen molar-refractivity contribution in [3.05, 3.63) is 65.2 Å². The molecular weight excluding hydrogens is 382 g/mol. The summed E-state index contributed by atoms with van der Waals surface area (Å²) in [6.07, 6.45) is 2.88. The minimum absolute atomic E-state index is 0.0552. The average molecular weight is 409 g/mol. The van der Waals surface area contributed by atoms with E-state index in [4.69, 9.17) is 11.1 Å². The molecule has 158 valence electrons. The van der Waals surface area contributed by atoms with Crippen molar-refractivity contribution in [2.75, 3.05) is 18.5 Å². The summed E-state index contributed by atoms with van der Waals surface area (Å²) in [5, 5.41) is 25.5. The highest BCUT2D eigenvalue weighted by atomic mass is 16.3. The molecular formula is C22H27N5O3. The number of carbonyl (C=O) groups excluding carboxylic acids is 2. The Hall–Kier alpha value is -3.39. The Morgan fingerprint density at radius 3 is 2.77 bits per heavy atom. The number of nitrogens with one attached hydrogen (secondary N) is 4. The molecule has 0 radical (unpaired) electrons. The minimum atomic E-state index is -0.935. The van der Waals surface area contributed by atoms with Crippen LogP contribution in [0.3, 0.4) is 0 Å². The first-order valence-corrected chi connectivity index (χ1v) is 9.94. The number of carbonyl (C=O) groups is 2. The molecule has 2 aromatic carbocycles. The molecule has 2 aromatic rings. The Kier molecular flexibility index (Phi) is 7.03. The first-order chi connectivity index (χ1) is 14.5. The second-order valence-electron chi connectivity index (χ2n) is 7.30. The van der Waals surface area contributed by atoms with Crippen LogP contribution in [0.4, 0.5) is 5.69 Å². The van der Waals surface area contributed by atoms with Crippen LogP contribution in [0.5, 0.6) is 0 Å². The monoisotopic (exact) mass is 409 g/mol. The second kappa shape index (κ2) is 9.89. The van der Waals surface area contributed by atoms with Crippen LogP contribution in [0.1, 0.15) is 35.6 Å². The van der Waals surface area contributed by atoms with Crippen molar-refractivity contribution in [2.45, 2.75) is 31.3 Å². The first-order valence-electron chi connectivity index (χ1n) is 9.94. The van der Waals surface area contributed by atoms with Gasteiger partial charge in [0.1, 0.15) is 11.9 Å². The third kappa shape index (κ3) is 5.36. The van der Waals surface area contributed by atoms with Crippen LogP contribution in [-0.4, -0.2) is 41.9 Å². The van der Waals surface area contributed by atoms with Crippen LogP contribution < -0.4 is 21.7 Å². The van der Waals surface area contributed by atoms with E-state index in [-0.39, 0.29) is 24.3 Å². The molecule has 8 nitrogen and oxygen atoms in total. The predicted molar refractivity (Wildman–Crippen MR) is 115 cm³/mol. The lowest BCUT2D eigenvalue weighted by Gasteiger charge is -2.26. The largest absolute Gasteiger partial charge is 0.394 e. The van der Waals surface area contributed by atoms with Gasteiger partial charge in [0.25, 0.3) is 0 Å². The lowest BCUT2D eigenvalue weighted by atomic mass is 9.88. The molecule has 8 heteroatoms. The van der Waals surface area contributed by atoms with Crippen LogP contribution in [0.25, 0.3) is 0 Å². The quantitative estimate of drug-likeness (QED) is 0.286. The van der Waals surface area contributed by atoms with Gasteiger partial charge < -0.3 is 26.8 Å². The molecule has 0 spiro atoms. The number of hydrogen-bond donors (Lipinski definition) is 6. The van der Waals surface area contributed by atoms with E-state index in [1.54, 1.807) is 24.3 Å². The molecule has 2 unspecified atom stereocenters. The number of rotatable bonds is 8. The predicted octanol–water partition coefficient (Wildman–Crippen LogP) is 1.05. The van der Waals surface area contributed by atoms with Crippen LogP contribution >= 0.6 is 0 Å². The molecule has 2 amide bonds. The number of benzene rings is 2. The Bertz CT molecular complexity index is 930. The van der Waals surface area contributed by atoms with Crippen molar-refractivity contribution < 1.29 is 14.7 Å². The van der Waals surface area contributed by atoms with Crippen LogP contribution in [-0.2, 0) is 16.0 Å². The number of aliphatic hydroxyl groups excluding tert-OH is 1. The van der Waals surface area contributed by atoms with E-state index in [0.717, 1.165) is 24.8 Å². The second-order valence-corrected chi connectivity index (χ2v) is 7.30. The van der Waals surface area contributed by atoms with E-state index < -0.39 is 18.6 Å². The number of hydrogen-bond acceptors (Lipinski definition) is 5. The number of fused-ring (bicyclic) bond motifs is 1. The van der Waals surface area contributed by atoms with Crippen molar-refractivity contribution in [3.63, 3.8) is 0 Å². The first kappa shape index (κ1) is 21.3. The van der Waals surface area contributed by atoms with Crippen molar-refractivity contribution in [1.82, 2.24) is 10.6 Å². The summed E-state index contributed by atoms with van der Waals surface area (Å²) in [4.78, 5) is 24.8. The zero-order valence-electron chi connectivity index (χ0n) is 16.7. The van der Waals surface area contributed by atoms with E-state index in [0.29, 0.717) is 11.3 Å². The smallest absolute Gasteiger partial charge is 0.245 e. The number of aryl methyl sites for hydroxylation is 1. The van der Waals surface area contributed by atoms with Crippen LogP contribution in [0, 0.1) is 5.41 Å². The van der Waals surface area contributed by atoms with Gasteiger partial charge in [0.05, 0.1) is 19.2 Å². The molecule has 2 atom stereocenters. The summed E-state index contributed by atoms with van der Waals surface area (Å²) in [6, 6.07) is 13.8. The van der Waals surface area contributed by atoms with E-state index in [1.165, 1.54) is 5.56 Å². The average Bonchev–Trinajstić information content (AvgIpc) is 2.76. The number of anilines is 1. The molecule has 30 heavy (non-hydrogen) atoms. The van der Waals surface area contributed by atoms with Crippen molar-refractivity contribution in [2.24, 2.45) is 5.73 Å². The van der Waals surface area contributed by atoms with Gasteiger partial charge in [-0.1, -0.05) is 36.4 Å². The summed E-state index contributed by atoms with van der Waals surface area (Å²) in [6.45, 7) is -0.628. The summed E-state index contributed by atoms with van der Waals surface area (Å²) in [5.41, 5.74) is 8.90. The van der Waals surface area contributed by atoms with E-state index in [2.05, 4.69) is 22.0 Å². The normalized spacial score (nSPS) is 16.1. The molecule has 1 aliphatic carbocycles. The Balaban J connectivity index is 1.53. The van der Waals surface area contributed by atoms with Gasteiger partial charge in [0.15, 0.2) is 0 Å². The molecule has 0 aliphatic heterocycles. The van der Waals surface area contributed by atoms with Gasteiger partial charge in [-0.15, -0.1) is 0 Å². The van der Waals surface area contributed by atoms with E-state index in [1.807, 2.05) is 18.2 Å². The molecule has 0 saturated heterocycles. The summed E-state index contributed by atoms with van der Waals surface area (Å²) >= 11 is 0. The van der Waals surface area contributed by atoms with Gasteiger partial charge in [-0.05, 0) is 42.5 Å².